The molecule has 0 aliphatic rings. The Labute approximate surface area is 310 Å². The van der Waals surface area contributed by atoms with Crippen LogP contribution in [-0.2, 0) is 0 Å². The van der Waals surface area contributed by atoms with Crippen LogP contribution in [0.25, 0.3) is 105 Å². The first kappa shape index (κ1) is 30.3. The summed E-state index contributed by atoms with van der Waals surface area (Å²) in [4.78, 5) is 15.5. The third kappa shape index (κ3) is 4.76. The zero-order chi connectivity index (χ0) is 35.6. The van der Waals surface area contributed by atoms with E-state index in [2.05, 4.69) is 150 Å². The largest absolute Gasteiger partial charge is 0.455 e. The van der Waals surface area contributed by atoms with Gasteiger partial charge in [-0.3, -0.25) is 0 Å². The zero-order valence-corrected chi connectivity index (χ0v) is 29.0. The lowest BCUT2D eigenvalue weighted by Gasteiger charge is -2.11. The van der Waals surface area contributed by atoms with Crippen LogP contribution < -0.4 is 0 Å². The fourth-order valence-electron chi connectivity index (χ4n) is 7.98. The smallest absolute Gasteiger partial charge is 0.164 e. The molecule has 5 heteroatoms. The van der Waals surface area contributed by atoms with Gasteiger partial charge in [0, 0.05) is 54.9 Å². The Kier molecular flexibility index (Phi) is 6.79. The van der Waals surface area contributed by atoms with Gasteiger partial charge in [-0.05, 0) is 47.3 Å². The molecule has 11 aromatic rings. The van der Waals surface area contributed by atoms with Gasteiger partial charge in [-0.2, -0.15) is 0 Å². The minimum atomic E-state index is 0.604. The Balaban J connectivity index is 1.12. The number of rotatable bonds is 5. The Morgan fingerprint density at radius 3 is 1.83 bits per heavy atom. The van der Waals surface area contributed by atoms with Gasteiger partial charge in [-0.1, -0.05) is 146 Å². The van der Waals surface area contributed by atoms with E-state index in [0.717, 1.165) is 88.0 Å². The highest BCUT2D eigenvalue weighted by Crippen LogP contribution is 2.41. The van der Waals surface area contributed by atoms with E-state index in [1.54, 1.807) is 0 Å². The summed E-state index contributed by atoms with van der Waals surface area (Å²) in [6.45, 7) is 0. The fraction of sp³-hybridized carbons (Fsp3) is 0. The number of hydrogen-bond donors (Lipinski definition) is 0. The highest BCUT2D eigenvalue weighted by Gasteiger charge is 2.20. The Morgan fingerprint density at radius 1 is 0.370 bits per heavy atom. The molecule has 0 unspecified atom stereocenters. The second-order valence-electron chi connectivity index (χ2n) is 13.6. The van der Waals surface area contributed by atoms with Gasteiger partial charge in [0.1, 0.15) is 11.2 Å². The van der Waals surface area contributed by atoms with Crippen LogP contribution in [0.1, 0.15) is 0 Å². The van der Waals surface area contributed by atoms with Crippen LogP contribution in [0, 0.1) is 0 Å². The van der Waals surface area contributed by atoms with E-state index in [0.29, 0.717) is 17.5 Å². The normalized spacial score (nSPS) is 11.7. The van der Waals surface area contributed by atoms with Crippen molar-refractivity contribution in [2.24, 2.45) is 0 Å². The third-order valence-corrected chi connectivity index (χ3v) is 10.4. The predicted octanol–water partition coefficient (Wildman–Crippen LogP) is 12.7. The van der Waals surface area contributed by atoms with E-state index < -0.39 is 0 Å². The van der Waals surface area contributed by atoms with E-state index in [9.17, 15) is 0 Å². The number of benzene rings is 8. The molecule has 5 nitrogen and oxygen atoms in total. The highest BCUT2D eigenvalue weighted by molar-refractivity contribution is 6.17. The second-order valence-corrected chi connectivity index (χ2v) is 13.6. The maximum Gasteiger partial charge on any atom is 0.164 e. The van der Waals surface area contributed by atoms with Crippen LogP contribution in [0.4, 0.5) is 0 Å². The highest BCUT2D eigenvalue weighted by atomic mass is 16.3. The summed E-state index contributed by atoms with van der Waals surface area (Å²) in [6, 6.07) is 63.1. The van der Waals surface area contributed by atoms with Gasteiger partial charge in [-0.25, -0.2) is 15.0 Å². The molecule has 3 aromatic heterocycles. The monoisotopic (exact) mass is 690 g/mol. The van der Waals surface area contributed by atoms with Gasteiger partial charge in [-0.15, -0.1) is 0 Å². The van der Waals surface area contributed by atoms with Crippen molar-refractivity contribution in [2.45, 2.75) is 0 Å². The summed E-state index contributed by atoms with van der Waals surface area (Å²) in [6.07, 6.45) is 0. The SMILES string of the molecule is c1ccc(-c2nc(-c3cccc(-c4cccc5c4oc4c6ccccc6ccc54)c3)nc(-c3cccc4c3c3ccccc3n4-c3ccccc3)n2)cc1. The number of nitrogens with zero attached hydrogens (tertiary/aromatic N) is 4. The van der Waals surface area contributed by atoms with Crippen LogP contribution in [-0.4, -0.2) is 19.5 Å². The minimum absolute atomic E-state index is 0.604. The summed E-state index contributed by atoms with van der Waals surface area (Å²) >= 11 is 0. The average Bonchev–Trinajstić information content (AvgIpc) is 3.81. The molecule has 8 aromatic carbocycles. The topological polar surface area (TPSA) is 56.7 Å². The molecule has 54 heavy (non-hydrogen) atoms. The second kappa shape index (κ2) is 12.1. The Bertz CT molecular complexity index is 3220. The summed E-state index contributed by atoms with van der Waals surface area (Å²) < 4.78 is 9.04. The number of para-hydroxylation sites is 3. The van der Waals surface area contributed by atoms with E-state index in [-0.39, 0.29) is 0 Å². The van der Waals surface area contributed by atoms with Crippen molar-refractivity contribution in [3.63, 3.8) is 0 Å². The van der Waals surface area contributed by atoms with Gasteiger partial charge in [0.05, 0.1) is 11.0 Å². The molecule has 3 heterocycles. The van der Waals surface area contributed by atoms with Crippen molar-refractivity contribution in [1.82, 2.24) is 19.5 Å². The maximum atomic E-state index is 6.72. The van der Waals surface area contributed by atoms with Crippen LogP contribution in [0.15, 0.2) is 186 Å². The van der Waals surface area contributed by atoms with Crippen molar-refractivity contribution >= 4 is 54.5 Å². The lowest BCUT2D eigenvalue weighted by molar-refractivity contribution is 0.674. The summed E-state index contributed by atoms with van der Waals surface area (Å²) in [7, 11) is 0. The third-order valence-electron chi connectivity index (χ3n) is 10.4. The van der Waals surface area contributed by atoms with E-state index >= 15 is 0 Å². The van der Waals surface area contributed by atoms with E-state index in [1.807, 2.05) is 36.4 Å². The van der Waals surface area contributed by atoms with E-state index in [4.69, 9.17) is 19.4 Å². The molecule has 0 spiro atoms. The Hall–Kier alpha value is -7.37. The van der Waals surface area contributed by atoms with Crippen molar-refractivity contribution in [3.8, 4) is 51.0 Å². The summed E-state index contributed by atoms with van der Waals surface area (Å²) in [5.74, 6) is 1.85. The standard InChI is InChI=1S/C49H30N4O/c1-3-15-32(16-4-1)47-50-48(52-49(51-47)41-25-13-27-43-44(41)40-22-9-10-26-42(40)53(43)35-19-5-2-6-20-35)34-18-11-17-33(30-34)37-23-12-24-38-39-29-28-31-14-7-8-21-36(31)45(39)54-46(37)38/h1-30H. The van der Waals surface area contributed by atoms with E-state index in [1.165, 1.54) is 0 Å². The number of fused-ring (bicyclic) bond motifs is 8. The molecule has 0 atom stereocenters. The summed E-state index contributed by atoms with van der Waals surface area (Å²) in [5.41, 5.74) is 9.92. The van der Waals surface area contributed by atoms with Crippen molar-refractivity contribution < 1.29 is 4.42 Å². The van der Waals surface area contributed by atoms with Crippen molar-refractivity contribution in [2.75, 3.05) is 0 Å². The fourth-order valence-corrected chi connectivity index (χ4v) is 7.98. The molecule has 0 radical (unpaired) electrons. The molecule has 0 saturated heterocycles. The molecule has 0 amide bonds. The first-order valence-electron chi connectivity index (χ1n) is 18.1. The van der Waals surface area contributed by atoms with Gasteiger partial charge < -0.3 is 8.98 Å². The lowest BCUT2D eigenvalue weighted by Crippen LogP contribution is -2.00. The number of furan rings is 1. The molecule has 0 N–H and O–H groups in total. The zero-order valence-electron chi connectivity index (χ0n) is 29.0. The van der Waals surface area contributed by atoms with Gasteiger partial charge in [0.25, 0.3) is 0 Å². The first-order chi connectivity index (χ1) is 26.8. The molecular weight excluding hydrogens is 661 g/mol. The molecule has 11 rings (SSSR count). The minimum Gasteiger partial charge on any atom is -0.455 e. The molecule has 252 valence electrons. The molecule has 0 aliphatic heterocycles. The maximum absolute atomic E-state index is 6.72. The van der Waals surface area contributed by atoms with Crippen molar-refractivity contribution in [3.05, 3.63) is 182 Å². The first-order valence-corrected chi connectivity index (χ1v) is 18.1. The summed E-state index contributed by atoms with van der Waals surface area (Å²) in [5, 5.41) is 6.72. The van der Waals surface area contributed by atoms with Gasteiger partial charge >= 0.3 is 0 Å². The Morgan fingerprint density at radius 2 is 0.963 bits per heavy atom. The molecule has 0 bridgehead atoms. The quantitative estimate of drug-likeness (QED) is 0.180. The van der Waals surface area contributed by atoms with Crippen molar-refractivity contribution in [1.29, 1.82) is 0 Å². The van der Waals surface area contributed by atoms with Crippen LogP contribution >= 0.6 is 0 Å². The van der Waals surface area contributed by atoms with Crippen LogP contribution in [0.2, 0.25) is 0 Å². The van der Waals surface area contributed by atoms with Crippen LogP contribution in [0.5, 0.6) is 0 Å². The lowest BCUT2D eigenvalue weighted by atomic mass is 9.99. The average molecular weight is 691 g/mol. The molecule has 0 saturated carbocycles. The van der Waals surface area contributed by atoms with Crippen LogP contribution in [0.3, 0.4) is 0 Å². The molecule has 0 aliphatic carbocycles. The predicted molar refractivity (Wildman–Crippen MR) is 221 cm³/mol. The molecule has 0 fully saturated rings. The number of aromatic nitrogens is 4. The number of hydrogen-bond acceptors (Lipinski definition) is 4. The van der Waals surface area contributed by atoms with Gasteiger partial charge in [0.2, 0.25) is 0 Å². The van der Waals surface area contributed by atoms with Gasteiger partial charge in [0.15, 0.2) is 17.5 Å². The molecular formula is C49H30N4O.